The third kappa shape index (κ3) is 5.38. The zero-order chi connectivity index (χ0) is 12.9. The first-order valence-corrected chi connectivity index (χ1v) is 6.91. The molecule has 5 heteroatoms. The number of nitrogens with one attached hydrogen (secondary N) is 1. The Morgan fingerprint density at radius 2 is 2.00 bits per heavy atom. The fraction of sp³-hybridized carbons (Fsp3) is 0.615. The summed E-state index contributed by atoms with van der Waals surface area (Å²) in [5.41, 5.74) is 5.87. The molecule has 3 nitrogen and oxygen atoms in total. The highest BCUT2D eigenvalue weighted by Gasteiger charge is 2.20. The van der Waals surface area contributed by atoms with Gasteiger partial charge in [-0.1, -0.05) is 13.8 Å². The van der Waals surface area contributed by atoms with Gasteiger partial charge in [-0.2, -0.15) is 0 Å². The second-order valence-corrected chi connectivity index (χ2v) is 5.91. The first kappa shape index (κ1) is 17.4. The molecule has 1 heterocycles. The van der Waals surface area contributed by atoms with Crippen molar-refractivity contribution in [1.29, 1.82) is 0 Å². The predicted octanol–water partition coefficient (Wildman–Crippen LogP) is 2.65. The Balaban J connectivity index is 0.00000289. The highest BCUT2D eigenvalue weighted by Crippen LogP contribution is 2.15. The van der Waals surface area contributed by atoms with E-state index < -0.39 is 0 Å². The minimum Gasteiger partial charge on any atom is -0.354 e. The Labute approximate surface area is 120 Å². The van der Waals surface area contributed by atoms with Crippen LogP contribution in [-0.2, 0) is 11.2 Å². The largest absolute Gasteiger partial charge is 0.354 e. The molecule has 1 aromatic heterocycles. The molecule has 1 rings (SSSR count). The van der Waals surface area contributed by atoms with Crippen LogP contribution in [0, 0.1) is 6.92 Å². The number of carbonyl (C=O) groups excluding carboxylic acids is 1. The van der Waals surface area contributed by atoms with Gasteiger partial charge in [0.2, 0.25) is 5.91 Å². The van der Waals surface area contributed by atoms with Crippen molar-refractivity contribution in [3.63, 3.8) is 0 Å². The fourth-order valence-electron chi connectivity index (χ4n) is 1.58. The molecule has 0 bridgehead atoms. The van der Waals surface area contributed by atoms with E-state index in [1.165, 1.54) is 4.88 Å². The number of rotatable bonds is 6. The van der Waals surface area contributed by atoms with Crippen LogP contribution in [0.5, 0.6) is 0 Å². The van der Waals surface area contributed by atoms with E-state index in [2.05, 4.69) is 19.2 Å². The van der Waals surface area contributed by atoms with Crippen LogP contribution in [0.15, 0.2) is 12.1 Å². The lowest BCUT2D eigenvalue weighted by Crippen LogP contribution is -2.49. The Bertz CT molecular complexity index is 375. The molecular weight excluding hydrogens is 268 g/mol. The predicted molar refractivity (Wildman–Crippen MR) is 80.5 cm³/mol. The monoisotopic (exact) mass is 290 g/mol. The number of hydrogen-bond donors (Lipinski definition) is 2. The van der Waals surface area contributed by atoms with E-state index in [0.29, 0.717) is 13.0 Å². The van der Waals surface area contributed by atoms with Crippen molar-refractivity contribution in [2.75, 3.05) is 6.54 Å². The summed E-state index contributed by atoms with van der Waals surface area (Å²) >= 11 is 1.67. The number of hydrogen-bond acceptors (Lipinski definition) is 3. The Hall–Kier alpha value is -0.580. The molecule has 0 aliphatic carbocycles. The summed E-state index contributed by atoms with van der Waals surface area (Å²) in [7, 11) is 0. The molecule has 0 saturated carbocycles. The second kappa shape index (κ2) is 7.77. The van der Waals surface area contributed by atoms with Crippen LogP contribution >= 0.6 is 23.7 Å². The molecule has 0 aromatic carbocycles. The third-order valence-corrected chi connectivity index (χ3v) is 4.18. The molecule has 0 radical (unpaired) electrons. The lowest BCUT2D eigenvalue weighted by atomic mass is 9.94. The van der Waals surface area contributed by atoms with Crippen LogP contribution in [0.2, 0.25) is 0 Å². The van der Waals surface area contributed by atoms with E-state index in [0.717, 1.165) is 17.7 Å². The quantitative estimate of drug-likeness (QED) is 0.846. The van der Waals surface area contributed by atoms with Crippen LogP contribution in [0.3, 0.4) is 0 Å². The van der Waals surface area contributed by atoms with Crippen molar-refractivity contribution in [2.45, 2.75) is 45.6 Å². The maximum Gasteiger partial charge on any atom is 0.225 e. The van der Waals surface area contributed by atoms with Gasteiger partial charge in [0.15, 0.2) is 0 Å². The molecule has 3 N–H and O–H groups in total. The van der Waals surface area contributed by atoms with Gasteiger partial charge in [-0.05, 0) is 31.9 Å². The highest BCUT2D eigenvalue weighted by molar-refractivity contribution is 7.12. The van der Waals surface area contributed by atoms with Crippen LogP contribution in [0.1, 0.15) is 36.4 Å². The van der Waals surface area contributed by atoms with E-state index in [1.54, 1.807) is 11.3 Å². The Morgan fingerprint density at radius 3 is 2.44 bits per heavy atom. The number of carbonyl (C=O) groups is 1. The number of thiophene rings is 1. The van der Waals surface area contributed by atoms with E-state index in [9.17, 15) is 4.79 Å². The van der Waals surface area contributed by atoms with Gasteiger partial charge in [0, 0.05) is 21.8 Å². The smallest absolute Gasteiger partial charge is 0.225 e. The fourth-order valence-corrected chi connectivity index (χ4v) is 2.46. The SMILES string of the molecule is CCC(N)(CC)CNC(=O)Cc1ccc(C)s1.Cl. The molecule has 0 fully saturated rings. The van der Waals surface area contributed by atoms with Crippen molar-refractivity contribution in [3.8, 4) is 0 Å². The molecule has 0 unspecified atom stereocenters. The van der Waals surface area contributed by atoms with Crippen molar-refractivity contribution in [2.24, 2.45) is 5.73 Å². The standard InChI is InChI=1S/C13H22N2OS.ClH/c1-4-13(14,5-2)9-15-12(16)8-11-7-6-10(3)17-11;/h6-7H,4-5,8-9,14H2,1-3H3,(H,15,16);1H. The van der Waals surface area contributed by atoms with Crippen LogP contribution in [-0.4, -0.2) is 18.0 Å². The molecule has 1 amide bonds. The maximum atomic E-state index is 11.7. The minimum absolute atomic E-state index is 0. The average molecular weight is 291 g/mol. The van der Waals surface area contributed by atoms with Gasteiger partial charge in [-0.25, -0.2) is 0 Å². The van der Waals surface area contributed by atoms with Gasteiger partial charge >= 0.3 is 0 Å². The van der Waals surface area contributed by atoms with E-state index in [4.69, 9.17) is 5.73 Å². The molecule has 0 saturated heterocycles. The first-order valence-electron chi connectivity index (χ1n) is 6.10. The number of aryl methyl sites for hydroxylation is 1. The molecule has 0 atom stereocenters. The molecule has 0 spiro atoms. The number of halogens is 1. The van der Waals surface area contributed by atoms with Gasteiger partial charge in [0.1, 0.15) is 0 Å². The molecule has 104 valence electrons. The molecule has 1 aromatic rings. The average Bonchev–Trinajstić information content (AvgIpc) is 2.72. The summed E-state index contributed by atoms with van der Waals surface area (Å²) in [4.78, 5) is 14.1. The first-order chi connectivity index (χ1) is 7.99. The van der Waals surface area contributed by atoms with Gasteiger partial charge in [0.05, 0.1) is 6.42 Å². The normalized spacial score (nSPS) is 10.9. The Morgan fingerprint density at radius 1 is 1.39 bits per heavy atom. The van der Waals surface area contributed by atoms with Gasteiger partial charge in [-0.3, -0.25) is 4.79 Å². The summed E-state index contributed by atoms with van der Waals surface area (Å²) in [6.07, 6.45) is 2.21. The van der Waals surface area contributed by atoms with Crippen LogP contribution < -0.4 is 11.1 Å². The highest BCUT2D eigenvalue weighted by atomic mass is 35.5. The summed E-state index contributed by atoms with van der Waals surface area (Å²) in [6.45, 7) is 6.71. The topological polar surface area (TPSA) is 55.1 Å². The molecule has 0 aliphatic rings. The lowest BCUT2D eigenvalue weighted by Gasteiger charge is -2.26. The number of nitrogens with two attached hydrogens (primary N) is 1. The minimum atomic E-state index is -0.263. The second-order valence-electron chi connectivity index (χ2n) is 4.54. The third-order valence-electron chi connectivity index (χ3n) is 3.18. The van der Waals surface area contributed by atoms with Gasteiger partial charge < -0.3 is 11.1 Å². The molecule has 0 aliphatic heterocycles. The van der Waals surface area contributed by atoms with Gasteiger partial charge in [0.25, 0.3) is 0 Å². The summed E-state index contributed by atoms with van der Waals surface area (Å²) in [5.74, 6) is 0.0589. The Kier molecular flexibility index (Phi) is 7.52. The zero-order valence-corrected chi connectivity index (χ0v) is 12.9. The van der Waals surface area contributed by atoms with Crippen molar-refractivity contribution in [3.05, 3.63) is 21.9 Å². The van der Waals surface area contributed by atoms with Gasteiger partial charge in [-0.15, -0.1) is 23.7 Å². The maximum absolute atomic E-state index is 11.7. The summed E-state index contributed by atoms with van der Waals surface area (Å²) in [6, 6.07) is 4.05. The van der Waals surface area contributed by atoms with Crippen molar-refractivity contribution in [1.82, 2.24) is 5.32 Å². The van der Waals surface area contributed by atoms with E-state index in [-0.39, 0.29) is 23.9 Å². The van der Waals surface area contributed by atoms with E-state index in [1.807, 2.05) is 19.1 Å². The van der Waals surface area contributed by atoms with Crippen molar-refractivity contribution >= 4 is 29.7 Å². The zero-order valence-electron chi connectivity index (χ0n) is 11.3. The van der Waals surface area contributed by atoms with Crippen LogP contribution in [0.4, 0.5) is 0 Å². The molecule has 18 heavy (non-hydrogen) atoms. The summed E-state index contributed by atoms with van der Waals surface area (Å²) in [5, 5.41) is 2.93. The number of amides is 1. The molecular formula is C13H23ClN2OS. The van der Waals surface area contributed by atoms with Crippen molar-refractivity contribution < 1.29 is 4.79 Å². The van der Waals surface area contributed by atoms with Crippen LogP contribution in [0.25, 0.3) is 0 Å². The lowest BCUT2D eigenvalue weighted by molar-refractivity contribution is -0.120. The van der Waals surface area contributed by atoms with E-state index >= 15 is 0 Å². The summed E-state index contributed by atoms with van der Waals surface area (Å²) < 4.78 is 0.